The van der Waals surface area contributed by atoms with Crippen molar-refractivity contribution >= 4 is 35.5 Å². The number of rotatable bonds is 0. The smallest absolute Gasteiger partial charge is 0.0623 e. The van der Waals surface area contributed by atoms with Crippen LogP contribution in [0.3, 0.4) is 0 Å². The molecule has 2 aliphatic rings. The lowest BCUT2D eigenvalue weighted by molar-refractivity contribution is 1.19. The molecule has 0 atom stereocenters. The van der Waals surface area contributed by atoms with Gasteiger partial charge in [0.05, 0.1) is 11.2 Å². The predicted octanol–water partition coefficient (Wildman–Crippen LogP) is 4.10. The zero-order valence-electron chi connectivity index (χ0n) is 10.3. The normalized spacial score (nSPS) is 20.4. The van der Waals surface area contributed by atoms with E-state index in [-0.39, 0.29) is 0 Å². The summed E-state index contributed by atoms with van der Waals surface area (Å²) in [6, 6.07) is 6.37. The fourth-order valence-electron chi connectivity index (χ4n) is 2.70. The van der Waals surface area contributed by atoms with Crippen molar-refractivity contribution in [2.75, 3.05) is 0 Å². The van der Waals surface area contributed by atoms with Crippen LogP contribution in [0.5, 0.6) is 0 Å². The van der Waals surface area contributed by atoms with Crippen LogP contribution in [0, 0.1) is 0 Å². The highest BCUT2D eigenvalue weighted by atomic mass is 15.0. The van der Waals surface area contributed by atoms with Gasteiger partial charge in [-0.2, -0.15) is 0 Å². The van der Waals surface area contributed by atoms with E-state index in [1.54, 1.807) is 0 Å². The SMILES string of the molecule is C1=Cn2c3c(c4cccc(c42)C=N1)\C=C/C=C\C=C/3. The number of benzene rings is 1. The van der Waals surface area contributed by atoms with Gasteiger partial charge in [0.15, 0.2) is 0 Å². The van der Waals surface area contributed by atoms with Gasteiger partial charge < -0.3 is 4.57 Å². The second-order valence-corrected chi connectivity index (χ2v) is 4.59. The first kappa shape index (κ1) is 10.3. The molecule has 1 aromatic carbocycles. The van der Waals surface area contributed by atoms with Crippen molar-refractivity contribution in [2.45, 2.75) is 0 Å². The van der Waals surface area contributed by atoms with E-state index in [0.29, 0.717) is 0 Å². The molecule has 19 heavy (non-hydrogen) atoms. The van der Waals surface area contributed by atoms with Gasteiger partial charge in [0.25, 0.3) is 0 Å². The van der Waals surface area contributed by atoms with E-state index in [1.807, 2.05) is 24.7 Å². The van der Waals surface area contributed by atoms with Crippen LogP contribution in [-0.4, -0.2) is 10.8 Å². The minimum Gasteiger partial charge on any atom is -0.314 e. The summed E-state index contributed by atoms with van der Waals surface area (Å²) in [5, 5.41) is 1.27. The number of aromatic nitrogens is 1. The molecule has 1 aromatic heterocycles. The van der Waals surface area contributed by atoms with Crippen molar-refractivity contribution in [1.29, 1.82) is 0 Å². The summed E-state index contributed by atoms with van der Waals surface area (Å²) in [5.41, 5.74) is 4.84. The molecule has 0 N–H and O–H groups in total. The molecule has 0 spiro atoms. The molecule has 90 valence electrons. The maximum Gasteiger partial charge on any atom is 0.0623 e. The van der Waals surface area contributed by atoms with Crippen LogP contribution in [0.25, 0.3) is 29.3 Å². The van der Waals surface area contributed by atoms with Crippen LogP contribution in [-0.2, 0) is 0 Å². The number of hydrogen-bond donors (Lipinski definition) is 0. The predicted molar refractivity (Wildman–Crippen MR) is 82.1 cm³/mol. The summed E-state index contributed by atoms with van der Waals surface area (Å²) in [6.45, 7) is 0. The summed E-state index contributed by atoms with van der Waals surface area (Å²) in [6.07, 6.45) is 18.4. The minimum atomic E-state index is 1.16. The molecule has 0 unspecified atom stereocenters. The molecule has 1 aliphatic heterocycles. The zero-order chi connectivity index (χ0) is 12.7. The molecule has 0 fully saturated rings. The standard InChI is InChI=1S/C17H12N2/c1-2-4-9-16-14(7-3-1)15-8-5-6-13-12-18-10-11-19(16)17(13)15/h1-12H/b2-1-,3-1?,4-2?,7-3-,9-4-,14-7?,16-9?. The van der Waals surface area contributed by atoms with Gasteiger partial charge in [-0.15, -0.1) is 0 Å². The highest BCUT2D eigenvalue weighted by Crippen LogP contribution is 2.32. The van der Waals surface area contributed by atoms with Crippen LogP contribution >= 0.6 is 0 Å². The number of nitrogens with zero attached hydrogens (tertiary/aromatic N) is 2. The largest absolute Gasteiger partial charge is 0.314 e. The van der Waals surface area contributed by atoms with Crippen LogP contribution < -0.4 is 0 Å². The molecule has 1 aliphatic carbocycles. The second-order valence-electron chi connectivity index (χ2n) is 4.59. The third kappa shape index (κ3) is 1.47. The van der Waals surface area contributed by atoms with Crippen LogP contribution in [0.15, 0.2) is 53.7 Å². The molecule has 2 heteroatoms. The fourth-order valence-corrected chi connectivity index (χ4v) is 2.70. The Morgan fingerprint density at radius 2 is 1.84 bits per heavy atom. The van der Waals surface area contributed by atoms with E-state index in [4.69, 9.17) is 0 Å². The molecule has 4 rings (SSSR count). The monoisotopic (exact) mass is 244 g/mol. The van der Waals surface area contributed by atoms with Crippen LogP contribution in [0.1, 0.15) is 16.8 Å². The Morgan fingerprint density at radius 3 is 2.79 bits per heavy atom. The highest BCUT2D eigenvalue weighted by molar-refractivity contribution is 6.05. The van der Waals surface area contributed by atoms with Crippen molar-refractivity contribution in [3.8, 4) is 0 Å². The average Bonchev–Trinajstić information content (AvgIpc) is 2.57. The van der Waals surface area contributed by atoms with Crippen molar-refractivity contribution in [3.05, 3.63) is 65.5 Å². The topological polar surface area (TPSA) is 17.3 Å². The van der Waals surface area contributed by atoms with Crippen molar-refractivity contribution in [3.63, 3.8) is 0 Å². The van der Waals surface area contributed by atoms with Crippen LogP contribution in [0.2, 0.25) is 0 Å². The van der Waals surface area contributed by atoms with Gasteiger partial charge in [-0.1, -0.05) is 48.6 Å². The summed E-state index contributed by atoms with van der Waals surface area (Å²) in [4.78, 5) is 4.29. The maximum atomic E-state index is 4.29. The number of aliphatic imine (C=N–C) groups is 1. The first-order chi connectivity index (χ1) is 9.45. The van der Waals surface area contributed by atoms with E-state index in [0.717, 1.165) is 5.56 Å². The van der Waals surface area contributed by atoms with Gasteiger partial charge in [0.2, 0.25) is 0 Å². The Balaban J connectivity index is 2.21. The molecule has 2 aromatic rings. The molecule has 0 radical (unpaired) electrons. The molecular weight excluding hydrogens is 232 g/mol. The molecule has 2 heterocycles. The Kier molecular flexibility index (Phi) is 2.15. The van der Waals surface area contributed by atoms with Gasteiger partial charge in [-0.25, -0.2) is 0 Å². The Morgan fingerprint density at radius 1 is 0.947 bits per heavy atom. The number of para-hydroxylation sites is 1. The van der Waals surface area contributed by atoms with Gasteiger partial charge >= 0.3 is 0 Å². The quantitative estimate of drug-likeness (QED) is 0.664. The molecule has 0 bridgehead atoms. The number of fused-ring (bicyclic) bond motifs is 3. The molecular formula is C17H12N2. The van der Waals surface area contributed by atoms with Gasteiger partial charge in [0, 0.05) is 35.1 Å². The van der Waals surface area contributed by atoms with E-state index >= 15 is 0 Å². The minimum absolute atomic E-state index is 1.16. The molecule has 0 saturated carbocycles. The second kappa shape index (κ2) is 3.95. The van der Waals surface area contributed by atoms with E-state index in [1.165, 1.54) is 22.2 Å². The third-order valence-electron chi connectivity index (χ3n) is 3.50. The Hall–Kier alpha value is -2.61. The van der Waals surface area contributed by atoms with Gasteiger partial charge in [0.1, 0.15) is 0 Å². The lowest BCUT2D eigenvalue weighted by Gasteiger charge is -2.02. The van der Waals surface area contributed by atoms with Gasteiger partial charge in [-0.05, 0) is 6.08 Å². The number of allylic oxidation sites excluding steroid dienone is 4. The van der Waals surface area contributed by atoms with Crippen molar-refractivity contribution in [1.82, 2.24) is 4.57 Å². The first-order valence-corrected chi connectivity index (χ1v) is 6.33. The van der Waals surface area contributed by atoms with Crippen molar-refractivity contribution < 1.29 is 0 Å². The number of hydrogen-bond acceptors (Lipinski definition) is 1. The molecule has 2 nitrogen and oxygen atoms in total. The summed E-state index contributed by atoms with van der Waals surface area (Å²) >= 11 is 0. The van der Waals surface area contributed by atoms with E-state index in [9.17, 15) is 0 Å². The zero-order valence-corrected chi connectivity index (χ0v) is 10.3. The first-order valence-electron chi connectivity index (χ1n) is 6.33. The summed E-state index contributed by atoms with van der Waals surface area (Å²) < 4.78 is 2.22. The van der Waals surface area contributed by atoms with Crippen LogP contribution in [0.4, 0.5) is 0 Å². The van der Waals surface area contributed by atoms with Gasteiger partial charge in [-0.3, -0.25) is 4.99 Å². The average molecular weight is 244 g/mol. The Labute approximate surface area is 111 Å². The maximum absolute atomic E-state index is 4.29. The van der Waals surface area contributed by atoms with E-state index in [2.05, 4.69) is 58.1 Å². The lowest BCUT2D eigenvalue weighted by atomic mass is 10.1. The molecule has 0 amide bonds. The Bertz CT molecular complexity index is 811. The lowest BCUT2D eigenvalue weighted by Crippen LogP contribution is -1.91. The molecule has 0 saturated heterocycles. The summed E-state index contributed by atoms with van der Waals surface area (Å²) in [7, 11) is 0. The summed E-state index contributed by atoms with van der Waals surface area (Å²) in [5.74, 6) is 0. The third-order valence-corrected chi connectivity index (χ3v) is 3.50. The van der Waals surface area contributed by atoms with Crippen molar-refractivity contribution in [2.24, 2.45) is 4.99 Å². The fraction of sp³-hybridized carbons (Fsp3) is 0. The highest BCUT2D eigenvalue weighted by Gasteiger charge is 2.15. The van der Waals surface area contributed by atoms with E-state index < -0.39 is 0 Å².